The molecule has 0 aliphatic carbocycles. The second kappa shape index (κ2) is 8.24. The number of hydrazine groups is 1. The Morgan fingerprint density at radius 2 is 1.87 bits per heavy atom. The van der Waals surface area contributed by atoms with Crippen LogP contribution in [0.1, 0.15) is 10.4 Å². The predicted octanol–water partition coefficient (Wildman–Crippen LogP) is 1.33. The predicted molar refractivity (Wildman–Crippen MR) is 92.8 cm³/mol. The quantitative estimate of drug-likeness (QED) is 0.586. The lowest BCUT2D eigenvalue weighted by Crippen LogP contribution is -3.00. The van der Waals surface area contributed by atoms with Gasteiger partial charge in [-0.3, -0.25) is 15.6 Å². The van der Waals surface area contributed by atoms with Crippen LogP contribution in [-0.2, 0) is 0 Å². The maximum atomic E-state index is 12.0. The fourth-order valence-corrected chi connectivity index (χ4v) is 2.96. The van der Waals surface area contributed by atoms with Crippen molar-refractivity contribution in [2.75, 3.05) is 5.43 Å². The summed E-state index contributed by atoms with van der Waals surface area (Å²) in [5.41, 5.74) is 7.99. The highest BCUT2D eigenvalue weighted by molar-refractivity contribution is 9.10. The molecule has 1 heterocycles. The molecule has 1 aromatic heterocycles. The van der Waals surface area contributed by atoms with Gasteiger partial charge in [-0.15, -0.1) is 11.3 Å². The van der Waals surface area contributed by atoms with Crippen LogP contribution in [0.3, 0.4) is 0 Å². The third-order valence-corrected chi connectivity index (χ3v) is 4.19. The second-order valence-electron chi connectivity index (χ2n) is 4.49. The van der Waals surface area contributed by atoms with Crippen LogP contribution in [0, 0.1) is 0 Å². The Hall–Kier alpha value is -1.70. The highest BCUT2D eigenvalue weighted by Crippen LogP contribution is 2.24. The van der Waals surface area contributed by atoms with Crippen LogP contribution in [-0.4, -0.2) is 10.9 Å². The Balaban J connectivity index is 0.00000192. The highest BCUT2D eigenvalue weighted by atomic mass is 79.9. The number of halogens is 2. The number of nitrogens with zero attached hydrogens (tertiary/aromatic N) is 1. The van der Waals surface area contributed by atoms with E-state index in [0.29, 0.717) is 10.7 Å². The van der Waals surface area contributed by atoms with E-state index in [1.54, 1.807) is 12.1 Å². The maximum absolute atomic E-state index is 12.0. The molecule has 0 unspecified atom stereocenters. The van der Waals surface area contributed by atoms with Crippen molar-refractivity contribution in [3.63, 3.8) is 0 Å². The van der Waals surface area contributed by atoms with Gasteiger partial charge in [-0.05, 0) is 18.2 Å². The van der Waals surface area contributed by atoms with Gasteiger partial charge in [-0.25, -0.2) is 4.98 Å². The van der Waals surface area contributed by atoms with Crippen molar-refractivity contribution in [3.8, 4) is 11.3 Å². The van der Waals surface area contributed by atoms with Crippen LogP contribution in [0.15, 0.2) is 64.5 Å². The van der Waals surface area contributed by atoms with Crippen LogP contribution in [0.4, 0.5) is 5.13 Å². The van der Waals surface area contributed by atoms with Gasteiger partial charge in [0, 0.05) is 21.0 Å². The van der Waals surface area contributed by atoms with Gasteiger partial charge in [0.05, 0.1) is 5.69 Å². The molecule has 0 bridgehead atoms. The number of benzene rings is 2. The summed E-state index contributed by atoms with van der Waals surface area (Å²) in [4.78, 5) is 16.5. The van der Waals surface area contributed by atoms with Crippen molar-refractivity contribution >= 4 is 38.3 Å². The van der Waals surface area contributed by atoms with Crippen molar-refractivity contribution in [1.82, 2.24) is 10.4 Å². The molecule has 3 rings (SSSR count). The summed E-state index contributed by atoms with van der Waals surface area (Å²) in [6.07, 6.45) is 0. The fourth-order valence-electron chi connectivity index (χ4n) is 1.88. The molecule has 0 fully saturated rings. The summed E-state index contributed by atoms with van der Waals surface area (Å²) < 4.78 is 0.862. The molecule has 2 N–H and O–H groups in total. The van der Waals surface area contributed by atoms with E-state index in [2.05, 4.69) is 31.8 Å². The van der Waals surface area contributed by atoms with E-state index in [-0.39, 0.29) is 22.9 Å². The van der Waals surface area contributed by atoms with E-state index in [1.165, 1.54) is 11.3 Å². The average molecular weight is 454 g/mol. The van der Waals surface area contributed by atoms with E-state index >= 15 is 0 Å². The van der Waals surface area contributed by atoms with E-state index in [9.17, 15) is 4.79 Å². The molecular weight excluding hydrogens is 442 g/mol. The van der Waals surface area contributed by atoms with Gasteiger partial charge >= 0.3 is 0 Å². The average Bonchev–Trinajstić information content (AvgIpc) is 3.02. The number of amides is 1. The van der Waals surface area contributed by atoms with Gasteiger partial charge in [0.2, 0.25) is 5.13 Å². The van der Waals surface area contributed by atoms with Crippen molar-refractivity contribution < 1.29 is 21.8 Å². The second-order valence-corrected chi connectivity index (χ2v) is 6.27. The molecule has 118 valence electrons. The smallest absolute Gasteiger partial charge is 0.269 e. The van der Waals surface area contributed by atoms with Gasteiger partial charge < -0.3 is 17.0 Å². The third kappa shape index (κ3) is 4.63. The summed E-state index contributed by atoms with van der Waals surface area (Å²) in [6.45, 7) is 0. The molecule has 0 atom stereocenters. The van der Waals surface area contributed by atoms with Crippen molar-refractivity contribution in [2.45, 2.75) is 0 Å². The summed E-state index contributed by atoms with van der Waals surface area (Å²) in [7, 11) is 0. The van der Waals surface area contributed by atoms with Gasteiger partial charge in [0.25, 0.3) is 5.91 Å². The van der Waals surface area contributed by atoms with Crippen LogP contribution in [0.5, 0.6) is 0 Å². The standard InChI is InChI=1S/C16H12BrN3OS.BrH/c17-13-8-4-7-12(9-13)15(21)19-20-16-18-14(10-22-16)11-5-2-1-3-6-11;/h1-10H,(H,18,20)(H,19,21);1H/p-1. The molecule has 0 radical (unpaired) electrons. The van der Waals surface area contributed by atoms with Crippen molar-refractivity contribution in [1.29, 1.82) is 0 Å². The number of hydrogen-bond donors (Lipinski definition) is 2. The molecular formula is C16H12Br2N3OS-. The Morgan fingerprint density at radius 3 is 2.61 bits per heavy atom. The molecule has 4 nitrogen and oxygen atoms in total. The molecule has 0 spiro atoms. The maximum Gasteiger partial charge on any atom is 0.269 e. The minimum absolute atomic E-state index is 0. The molecule has 0 saturated heterocycles. The van der Waals surface area contributed by atoms with Crippen LogP contribution in [0.25, 0.3) is 11.3 Å². The molecule has 0 saturated carbocycles. The minimum Gasteiger partial charge on any atom is -1.00 e. The van der Waals surface area contributed by atoms with E-state index in [1.807, 2.05) is 47.8 Å². The van der Waals surface area contributed by atoms with Crippen LogP contribution in [0.2, 0.25) is 0 Å². The van der Waals surface area contributed by atoms with E-state index in [0.717, 1.165) is 15.7 Å². The topological polar surface area (TPSA) is 54.0 Å². The number of thiazole rings is 1. The van der Waals surface area contributed by atoms with E-state index < -0.39 is 0 Å². The lowest BCUT2D eigenvalue weighted by molar-refractivity contribution is -0.0000124. The summed E-state index contributed by atoms with van der Waals surface area (Å²) >= 11 is 4.78. The highest BCUT2D eigenvalue weighted by Gasteiger charge is 2.07. The minimum atomic E-state index is -0.210. The van der Waals surface area contributed by atoms with Crippen molar-refractivity contribution in [3.05, 3.63) is 70.0 Å². The van der Waals surface area contributed by atoms with Crippen molar-refractivity contribution in [2.24, 2.45) is 0 Å². The zero-order chi connectivity index (χ0) is 15.4. The summed E-state index contributed by atoms with van der Waals surface area (Å²) in [5.74, 6) is -0.210. The molecule has 3 aromatic rings. The van der Waals surface area contributed by atoms with Crippen LogP contribution < -0.4 is 27.8 Å². The summed E-state index contributed by atoms with van der Waals surface area (Å²) in [6, 6.07) is 17.1. The number of nitrogens with one attached hydrogen (secondary N) is 2. The normalized spacial score (nSPS) is 9.78. The van der Waals surface area contributed by atoms with Gasteiger partial charge in [-0.2, -0.15) is 0 Å². The zero-order valence-corrected chi connectivity index (χ0v) is 15.8. The molecule has 2 aromatic carbocycles. The molecule has 23 heavy (non-hydrogen) atoms. The number of aromatic nitrogens is 1. The molecule has 0 aliphatic rings. The Bertz CT molecular complexity index is 793. The SMILES string of the molecule is O=C(NNc1nc(-c2ccccc2)cs1)c1cccc(Br)c1.[Br-]. The number of carbonyl (C=O) groups is 1. The lowest BCUT2D eigenvalue weighted by atomic mass is 10.2. The summed E-state index contributed by atoms with van der Waals surface area (Å²) in [5, 5.41) is 2.59. The third-order valence-electron chi connectivity index (χ3n) is 2.94. The number of anilines is 1. The zero-order valence-electron chi connectivity index (χ0n) is 11.8. The molecule has 7 heteroatoms. The Labute approximate surface area is 156 Å². The Kier molecular flexibility index (Phi) is 6.32. The Morgan fingerprint density at radius 1 is 1.09 bits per heavy atom. The number of hydrogen-bond acceptors (Lipinski definition) is 4. The first-order valence-corrected chi connectivity index (χ1v) is 8.22. The lowest BCUT2D eigenvalue weighted by Gasteiger charge is -2.05. The first-order chi connectivity index (χ1) is 10.7. The number of rotatable bonds is 4. The largest absolute Gasteiger partial charge is 1.00 e. The monoisotopic (exact) mass is 452 g/mol. The number of carbonyl (C=O) groups excluding carboxylic acids is 1. The first kappa shape index (κ1) is 17.7. The fraction of sp³-hybridized carbons (Fsp3) is 0. The van der Waals surface area contributed by atoms with Gasteiger partial charge in [-0.1, -0.05) is 52.3 Å². The molecule has 1 amide bonds. The van der Waals surface area contributed by atoms with Gasteiger partial charge in [0.15, 0.2) is 0 Å². The van der Waals surface area contributed by atoms with Gasteiger partial charge in [0.1, 0.15) is 0 Å². The molecule has 0 aliphatic heterocycles. The van der Waals surface area contributed by atoms with Crippen LogP contribution >= 0.6 is 27.3 Å². The van der Waals surface area contributed by atoms with E-state index in [4.69, 9.17) is 0 Å². The first-order valence-electron chi connectivity index (χ1n) is 6.55.